The molecule has 4 N–H and O–H groups in total. The van der Waals surface area contributed by atoms with Gasteiger partial charge in [0.05, 0.1) is 18.2 Å². The molecule has 0 bridgehead atoms. The zero-order valence-electron chi connectivity index (χ0n) is 12.3. The SMILES string of the molecule is CCNC(C)(CC(C)Oc1ccc(CO)cc1)C(N)=O. The molecule has 1 aromatic carbocycles. The number of benzene rings is 1. The molecule has 112 valence electrons. The maximum Gasteiger partial charge on any atom is 0.237 e. The molecule has 2 atom stereocenters. The zero-order chi connectivity index (χ0) is 15.2. The summed E-state index contributed by atoms with van der Waals surface area (Å²) in [5, 5.41) is 12.1. The molecule has 0 heterocycles. The van der Waals surface area contributed by atoms with Crippen molar-refractivity contribution in [1.29, 1.82) is 0 Å². The van der Waals surface area contributed by atoms with Crippen molar-refractivity contribution < 1.29 is 14.6 Å². The quantitative estimate of drug-likeness (QED) is 0.668. The van der Waals surface area contributed by atoms with Crippen LogP contribution in [0.3, 0.4) is 0 Å². The first kappa shape index (κ1) is 16.5. The highest BCUT2D eigenvalue weighted by molar-refractivity contribution is 5.84. The second-order valence-corrected chi connectivity index (χ2v) is 5.16. The van der Waals surface area contributed by atoms with Gasteiger partial charge >= 0.3 is 0 Å². The van der Waals surface area contributed by atoms with Crippen LogP contribution < -0.4 is 15.8 Å². The number of rotatable bonds is 8. The van der Waals surface area contributed by atoms with E-state index in [1.165, 1.54) is 0 Å². The second kappa shape index (κ2) is 7.26. The van der Waals surface area contributed by atoms with E-state index in [1.54, 1.807) is 31.2 Å². The number of primary amides is 1. The highest BCUT2D eigenvalue weighted by Crippen LogP contribution is 2.19. The minimum absolute atomic E-state index is 0.00992. The summed E-state index contributed by atoms with van der Waals surface area (Å²) < 4.78 is 5.78. The fourth-order valence-electron chi connectivity index (χ4n) is 2.17. The van der Waals surface area contributed by atoms with Gasteiger partial charge in [0.1, 0.15) is 5.75 Å². The van der Waals surface area contributed by atoms with Crippen molar-refractivity contribution in [3.8, 4) is 5.75 Å². The lowest BCUT2D eigenvalue weighted by Gasteiger charge is -2.30. The number of carbonyl (C=O) groups is 1. The third-order valence-electron chi connectivity index (χ3n) is 3.25. The number of nitrogens with one attached hydrogen (secondary N) is 1. The molecule has 1 aromatic rings. The summed E-state index contributed by atoms with van der Waals surface area (Å²) in [4.78, 5) is 11.6. The zero-order valence-corrected chi connectivity index (χ0v) is 12.3. The Hall–Kier alpha value is -1.59. The van der Waals surface area contributed by atoms with Gasteiger partial charge in [0.25, 0.3) is 0 Å². The lowest BCUT2D eigenvalue weighted by atomic mass is 9.94. The van der Waals surface area contributed by atoms with Gasteiger partial charge < -0.3 is 20.9 Å². The van der Waals surface area contributed by atoms with Gasteiger partial charge in [-0.15, -0.1) is 0 Å². The van der Waals surface area contributed by atoms with Crippen molar-refractivity contribution in [3.05, 3.63) is 29.8 Å². The van der Waals surface area contributed by atoms with E-state index in [0.29, 0.717) is 18.7 Å². The second-order valence-electron chi connectivity index (χ2n) is 5.16. The van der Waals surface area contributed by atoms with Crippen LogP contribution in [0, 0.1) is 0 Å². The summed E-state index contributed by atoms with van der Waals surface area (Å²) in [7, 11) is 0. The predicted molar refractivity (Wildman–Crippen MR) is 78.3 cm³/mol. The molecule has 20 heavy (non-hydrogen) atoms. The van der Waals surface area contributed by atoms with Gasteiger partial charge in [-0.2, -0.15) is 0 Å². The third-order valence-corrected chi connectivity index (χ3v) is 3.25. The number of amides is 1. The topological polar surface area (TPSA) is 84.6 Å². The van der Waals surface area contributed by atoms with Gasteiger partial charge in [-0.05, 0) is 38.1 Å². The molecule has 0 radical (unpaired) electrons. The molecule has 0 aromatic heterocycles. The normalized spacial score (nSPS) is 15.4. The molecule has 0 aliphatic rings. The van der Waals surface area contributed by atoms with Crippen LogP contribution in [0.2, 0.25) is 0 Å². The van der Waals surface area contributed by atoms with Crippen LogP contribution in [-0.2, 0) is 11.4 Å². The monoisotopic (exact) mass is 280 g/mol. The fraction of sp³-hybridized carbons (Fsp3) is 0.533. The van der Waals surface area contributed by atoms with Crippen LogP contribution in [0.5, 0.6) is 5.75 Å². The molecule has 0 saturated carbocycles. The van der Waals surface area contributed by atoms with E-state index in [4.69, 9.17) is 15.6 Å². The Balaban J connectivity index is 2.65. The maximum atomic E-state index is 11.6. The number of nitrogens with two attached hydrogens (primary N) is 1. The van der Waals surface area contributed by atoms with E-state index in [2.05, 4.69) is 5.32 Å². The Labute approximate surface area is 120 Å². The number of aliphatic hydroxyl groups excluding tert-OH is 1. The summed E-state index contributed by atoms with van der Waals surface area (Å²) in [5.74, 6) is 0.323. The molecule has 0 aliphatic heterocycles. The van der Waals surface area contributed by atoms with Crippen molar-refractivity contribution in [1.82, 2.24) is 5.32 Å². The Bertz CT molecular complexity index is 433. The molecule has 0 aliphatic carbocycles. The van der Waals surface area contributed by atoms with Crippen molar-refractivity contribution in [2.75, 3.05) is 6.54 Å². The molecule has 5 heteroatoms. The highest BCUT2D eigenvalue weighted by Gasteiger charge is 2.32. The van der Waals surface area contributed by atoms with Crippen LogP contribution >= 0.6 is 0 Å². The molecule has 0 spiro atoms. The number of carbonyl (C=O) groups excluding carboxylic acids is 1. The average Bonchev–Trinajstić information content (AvgIpc) is 2.39. The summed E-state index contributed by atoms with van der Waals surface area (Å²) in [6.07, 6.45) is 0.323. The molecule has 1 rings (SSSR count). The van der Waals surface area contributed by atoms with E-state index < -0.39 is 5.54 Å². The van der Waals surface area contributed by atoms with Gasteiger partial charge in [0, 0.05) is 6.42 Å². The average molecular weight is 280 g/mol. The minimum atomic E-state index is -0.779. The Morgan fingerprint density at radius 3 is 2.50 bits per heavy atom. The van der Waals surface area contributed by atoms with E-state index in [1.807, 2.05) is 13.8 Å². The van der Waals surface area contributed by atoms with Gasteiger partial charge in [0.2, 0.25) is 5.91 Å². The van der Waals surface area contributed by atoms with E-state index in [-0.39, 0.29) is 18.6 Å². The Morgan fingerprint density at radius 1 is 1.45 bits per heavy atom. The van der Waals surface area contributed by atoms with Gasteiger partial charge in [-0.1, -0.05) is 19.1 Å². The fourth-order valence-corrected chi connectivity index (χ4v) is 2.17. The first-order valence-electron chi connectivity index (χ1n) is 6.82. The molecule has 0 fully saturated rings. The number of likely N-dealkylation sites (N-methyl/N-ethyl adjacent to an activating group) is 1. The van der Waals surface area contributed by atoms with E-state index in [0.717, 1.165) is 5.56 Å². The number of ether oxygens (including phenoxy) is 1. The summed E-state index contributed by atoms with van der Waals surface area (Å²) >= 11 is 0. The lowest BCUT2D eigenvalue weighted by molar-refractivity contribution is -0.124. The number of hydrogen-bond acceptors (Lipinski definition) is 4. The Kier molecular flexibility index (Phi) is 5.98. The van der Waals surface area contributed by atoms with Crippen LogP contribution in [0.25, 0.3) is 0 Å². The molecular formula is C15H24N2O3. The first-order chi connectivity index (χ1) is 9.41. The van der Waals surface area contributed by atoms with Crippen molar-refractivity contribution in [2.45, 2.75) is 45.4 Å². The first-order valence-corrected chi connectivity index (χ1v) is 6.82. The summed E-state index contributed by atoms with van der Waals surface area (Å²) in [6.45, 7) is 6.29. The minimum Gasteiger partial charge on any atom is -0.491 e. The van der Waals surface area contributed by atoms with Crippen LogP contribution in [0.4, 0.5) is 0 Å². The lowest BCUT2D eigenvalue weighted by Crippen LogP contribution is -2.55. The Morgan fingerprint density at radius 2 is 2.05 bits per heavy atom. The molecule has 1 amide bonds. The van der Waals surface area contributed by atoms with E-state index in [9.17, 15) is 4.79 Å². The molecular weight excluding hydrogens is 256 g/mol. The van der Waals surface area contributed by atoms with Gasteiger partial charge in [-0.25, -0.2) is 0 Å². The smallest absolute Gasteiger partial charge is 0.237 e. The van der Waals surface area contributed by atoms with Crippen molar-refractivity contribution in [3.63, 3.8) is 0 Å². The molecule has 0 saturated heterocycles. The van der Waals surface area contributed by atoms with Crippen LogP contribution in [-0.4, -0.2) is 29.2 Å². The molecule has 2 unspecified atom stereocenters. The van der Waals surface area contributed by atoms with Crippen LogP contribution in [0.1, 0.15) is 32.8 Å². The van der Waals surface area contributed by atoms with E-state index >= 15 is 0 Å². The maximum absolute atomic E-state index is 11.6. The number of aliphatic hydroxyl groups is 1. The largest absolute Gasteiger partial charge is 0.491 e. The third kappa shape index (κ3) is 4.51. The van der Waals surface area contributed by atoms with Gasteiger partial charge in [0.15, 0.2) is 0 Å². The highest BCUT2D eigenvalue weighted by atomic mass is 16.5. The van der Waals surface area contributed by atoms with Crippen molar-refractivity contribution in [2.24, 2.45) is 5.73 Å². The van der Waals surface area contributed by atoms with Gasteiger partial charge in [-0.3, -0.25) is 4.79 Å². The van der Waals surface area contributed by atoms with Crippen molar-refractivity contribution >= 4 is 5.91 Å². The predicted octanol–water partition coefficient (Wildman–Crippen LogP) is 1.19. The number of hydrogen-bond donors (Lipinski definition) is 3. The van der Waals surface area contributed by atoms with Crippen LogP contribution in [0.15, 0.2) is 24.3 Å². The standard InChI is InChI=1S/C15H24N2O3/c1-4-17-15(3,14(16)19)9-11(2)20-13-7-5-12(10-18)6-8-13/h5-8,11,17-18H,4,9-10H2,1-3H3,(H2,16,19). The molecule has 5 nitrogen and oxygen atoms in total. The summed E-state index contributed by atoms with van der Waals surface area (Å²) in [5.41, 5.74) is 5.51. The summed E-state index contributed by atoms with van der Waals surface area (Å²) in [6, 6.07) is 7.22.